The van der Waals surface area contributed by atoms with E-state index >= 15 is 0 Å². The molecule has 1 saturated heterocycles. The van der Waals surface area contributed by atoms with E-state index in [1.165, 1.54) is 0 Å². The number of anilines is 1. The zero-order chi connectivity index (χ0) is 25.2. The highest BCUT2D eigenvalue weighted by molar-refractivity contribution is 6.11. The van der Waals surface area contributed by atoms with Gasteiger partial charge in [-0.15, -0.1) is 0 Å². The highest BCUT2D eigenvalue weighted by Crippen LogP contribution is 2.34. The molecule has 1 fully saturated rings. The number of para-hydroxylation sites is 1. The number of hydrogen-bond donors (Lipinski definition) is 1. The molecule has 0 aliphatic carbocycles. The standard InChI is InChI=1S/C28H26N4O5/c33-27(29-21-9-10-24-25(17-21)37-18-36-24)26-22-3-1-2-4-23(22)32(30-26)12-11-19-5-7-20(8-6-19)28(34)31-13-15-35-16-14-31/h1-10,17H,11-16,18H2,(H,29,33). The molecule has 1 N–H and O–H groups in total. The highest BCUT2D eigenvalue weighted by Gasteiger charge is 2.20. The van der Waals surface area contributed by atoms with E-state index in [-0.39, 0.29) is 18.6 Å². The monoisotopic (exact) mass is 498 g/mol. The Balaban J connectivity index is 1.16. The van der Waals surface area contributed by atoms with Crippen molar-refractivity contribution >= 4 is 28.4 Å². The maximum Gasteiger partial charge on any atom is 0.276 e. The van der Waals surface area contributed by atoms with Gasteiger partial charge in [0.25, 0.3) is 11.8 Å². The van der Waals surface area contributed by atoms with Gasteiger partial charge < -0.3 is 24.4 Å². The topological polar surface area (TPSA) is 94.9 Å². The Bertz CT molecular complexity index is 1460. The van der Waals surface area contributed by atoms with Crippen molar-refractivity contribution in [1.29, 1.82) is 0 Å². The Morgan fingerprint density at radius 1 is 0.919 bits per heavy atom. The number of carbonyl (C=O) groups excluding carboxylic acids is 2. The average Bonchev–Trinajstić information content (AvgIpc) is 3.57. The van der Waals surface area contributed by atoms with Crippen molar-refractivity contribution in [3.8, 4) is 11.5 Å². The first-order valence-corrected chi connectivity index (χ1v) is 12.3. The quantitative estimate of drug-likeness (QED) is 0.435. The van der Waals surface area contributed by atoms with Crippen molar-refractivity contribution < 1.29 is 23.8 Å². The van der Waals surface area contributed by atoms with Crippen molar-refractivity contribution in [3.05, 3.63) is 83.6 Å². The summed E-state index contributed by atoms with van der Waals surface area (Å²) in [6.45, 7) is 3.18. The van der Waals surface area contributed by atoms with Crippen LogP contribution in [0.15, 0.2) is 66.7 Å². The van der Waals surface area contributed by atoms with Crippen molar-refractivity contribution in [2.45, 2.75) is 13.0 Å². The number of amides is 2. The number of carbonyl (C=O) groups is 2. The van der Waals surface area contributed by atoms with Gasteiger partial charge in [-0.2, -0.15) is 5.10 Å². The van der Waals surface area contributed by atoms with Crippen molar-refractivity contribution in [2.75, 3.05) is 38.4 Å². The molecule has 0 spiro atoms. The summed E-state index contributed by atoms with van der Waals surface area (Å²) in [5.41, 5.74) is 3.62. The Kier molecular flexibility index (Phi) is 6.20. The SMILES string of the molecule is O=C(Nc1ccc2c(c1)OCO2)c1nn(CCc2ccc(C(=O)N3CCOCC3)cc2)c2ccccc12. The number of nitrogens with one attached hydrogen (secondary N) is 1. The summed E-state index contributed by atoms with van der Waals surface area (Å²) < 4.78 is 17.9. The summed E-state index contributed by atoms with van der Waals surface area (Å²) in [5, 5.41) is 8.36. The van der Waals surface area contributed by atoms with Crippen LogP contribution in [0.4, 0.5) is 5.69 Å². The number of nitrogens with zero attached hydrogens (tertiary/aromatic N) is 3. The largest absolute Gasteiger partial charge is 0.454 e. The second-order valence-electron chi connectivity index (χ2n) is 8.96. The lowest BCUT2D eigenvalue weighted by Crippen LogP contribution is -2.40. The molecular formula is C28H26N4O5. The molecule has 3 heterocycles. The summed E-state index contributed by atoms with van der Waals surface area (Å²) in [6, 6.07) is 20.7. The Morgan fingerprint density at radius 3 is 2.54 bits per heavy atom. The van der Waals surface area contributed by atoms with Crippen LogP contribution in [0.1, 0.15) is 26.4 Å². The van der Waals surface area contributed by atoms with Gasteiger partial charge in [0.15, 0.2) is 17.2 Å². The number of benzene rings is 3. The maximum atomic E-state index is 13.1. The second kappa shape index (κ2) is 9.94. The lowest BCUT2D eigenvalue weighted by Gasteiger charge is -2.26. The van der Waals surface area contributed by atoms with Gasteiger partial charge in [0.1, 0.15) is 0 Å². The highest BCUT2D eigenvalue weighted by atomic mass is 16.7. The van der Waals surface area contributed by atoms with Crippen molar-refractivity contribution in [1.82, 2.24) is 14.7 Å². The molecule has 0 saturated carbocycles. The number of rotatable bonds is 6. The number of ether oxygens (including phenoxy) is 3. The zero-order valence-electron chi connectivity index (χ0n) is 20.2. The number of fused-ring (bicyclic) bond motifs is 2. The van der Waals surface area contributed by atoms with E-state index < -0.39 is 0 Å². The molecule has 1 aromatic heterocycles. The minimum atomic E-state index is -0.292. The molecule has 9 heteroatoms. The fourth-order valence-electron chi connectivity index (χ4n) is 4.63. The van der Waals surface area contributed by atoms with Crippen LogP contribution in [0, 0.1) is 0 Å². The molecular weight excluding hydrogens is 472 g/mol. The molecule has 6 rings (SSSR count). The minimum Gasteiger partial charge on any atom is -0.454 e. The molecule has 2 aliphatic rings. The van der Waals surface area contributed by atoms with Gasteiger partial charge in [0, 0.05) is 42.3 Å². The summed E-state index contributed by atoms with van der Waals surface area (Å²) >= 11 is 0. The van der Waals surface area contributed by atoms with E-state index in [9.17, 15) is 9.59 Å². The first-order valence-electron chi connectivity index (χ1n) is 12.3. The van der Waals surface area contributed by atoms with Gasteiger partial charge in [0.2, 0.25) is 6.79 Å². The Labute approximate surface area is 213 Å². The normalized spacial score (nSPS) is 14.6. The summed E-state index contributed by atoms with van der Waals surface area (Å²) in [4.78, 5) is 27.7. The molecule has 188 valence electrons. The lowest BCUT2D eigenvalue weighted by molar-refractivity contribution is 0.0303. The van der Waals surface area contributed by atoms with E-state index in [0.29, 0.717) is 67.7 Å². The van der Waals surface area contributed by atoms with Crippen molar-refractivity contribution in [3.63, 3.8) is 0 Å². The van der Waals surface area contributed by atoms with Crippen LogP contribution in [0.3, 0.4) is 0 Å². The van der Waals surface area contributed by atoms with Gasteiger partial charge in [-0.3, -0.25) is 14.3 Å². The van der Waals surface area contributed by atoms with Gasteiger partial charge in [0.05, 0.1) is 18.7 Å². The molecule has 0 radical (unpaired) electrons. The van der Waals surface area contributed by atoms with Crippen LogP contribution in [0.2, 0.25) is 0 Å². The molecule has 4 aromatic rings. The molecule has 0 unspecified atom stereocenters. The van der Waals surface area contributed by atoms with Crippen LogP contribution < -0.4 is 14.8 Å². The summed E-state index contributed by atoms with van der Waals surface area (Å²) in [6.07, 6.45) is 0.709. The predicted molar refractivity (Wildman–Crippen MR) is 137 cm³/mol. The first kappa shape index (κ1) is 23.1. The van der Waals surface area contributed by atoms with Crippen LogP contribution >= 0.6 is 0 Å². The molecule has 2 amide bonds. The lowest BCUT2D eigenvalue weighted by atomic mass is 10.1. The van der Waals surface area contributed by atoms with Crippen LogP contribution in [-0.4, -0.2) is 59.6 Å². The molecule has 0 bridgehead atoms. The molecule has 37 heavy (non-hydrogen) atoms. The van der Waals surface area contributed by atoms with Gasteiger partial charge in [-0.25, -0.2) is 0 Å². The third kappa shape index (κ3) is 4.73. The summed E-state index contributed by atoms with van der Waals surface area (Å²) in [7, 11) is 0. The summed E-state index contributed by atoms with van der Waals surface area (Å²) in [5.74, 6) is 1.00. The molecule has 0 atom stereocenters. The smallest absolute Gasteiger partial charge is 0.276 e. The number of aromatic nitrogens is 2. The third-order valence-electron chi connectivity index (χ3n) is 6.61. The molecule has 3 aromatic carbocycles. The minimum absolute atomic E-state index is 0.0334. The van der Waals surface area contributed by atoms with Gasteiger partial charge in [-0.05, 0) is 42.3 Å². The number of aryl methyl sites for hydroxylation is 2. The maximum absolute atomic E-state index is 13.1. The molecule has 9 nitrogen and oxygen atoms in total. The van der Waals surface area contributed by atoms with Crippen LogP contribution in [0.5, 0.6) is 11.5 Å². The van der Waals surface area contributed by atoms with Gasteiger partial charge in [-0.1, -0.05) is 30.3 Å². The number of morpholine rings is 1. The zero-order valence-corrected chi connectivity index (χ0v) is 20.2. The van der Waals surface area contributed by atoms with Crippen LogP contribution in [0.25, 0.3) is 10.9 Å². The average molecular weight is 499 g/mol. The predicted octanol–water partition coefficient (Wildman–Crippen LogP) is 3.73. The van der Waals surface area contributed by atoms with Crippen LogP contribution in [-0.2, 0) is 17.7 Å². The second-order valence-corrected chi connectivity index (χ2v) is 8.96. The third-order valence-corrected chi connectivity index (χ3v) is 6.61. The van der Waals surface area contributed by atoms with Crippen molar-refractivity contribution in [2.24, 2.45) is 0 Å². The van der Waals surface area contributed by atoms with E-state index in [4.69, 9.17) is 14.2 Å². The van der Waals surface area contributed by atoms with E-state index in [0.717, 1.165) is 16.5 Å². The first-order chi connectivity index (χ1) is 18.2. The van der Waals surface area contributed by atoms with E-state index in [1.807, 2.05) is 58.1 Å². The van der Waals surface area contributed by atoms with Gasteiger partial charge >= 0.3 is 0 Å². The Morgan fingerprint density at radius 2 is 1.70 bits per heavy atom. The molecule has 2 aliphatic heterocycles. The fraction of sp³-hybridized carbons (Fsp3) is 0.250. The fourth-order valence-corrected chi connectivity index (χ4v) is 4.63. The Hall–Kier alpha value is -4.37. The van der Waals surface area contributed by atoms with E-state index in [2.05, 4.69) is 10.4 Å². The number of hydrogen-bond acceptors (Lipinski definition) is 6. The van der Waals surface area contributed by atoms with E-state index in [1.54, 1.807) is 18.2 Å².